The molecular weight excluding hydrogens is 180 g/mol. The number of carbonyl (C=O) groups excluding carboxylic acids is 1. The lowest BCUT2D eigenvalue weighted by Crippen LogP contribution is -2.43. The van der Waals surface area contributed by atoms with E-state index >= 15 is 0 Å². The molecule has 4 nitrogen and oxygen atoms in total. The van der Waals surface area contributed by atoms with Crippen LogP contribution in [0.15, 0.2) is 0 Å². The van der Waals surface area contributed by atoms with Gasteiger partial charge in [-0.05, 0) is 12.8 Å². The van der Waals surface area contributed by atoms with Gasteiger partial charge in [-0.15, -0.1) is 0 Å². The third-order valence-corrected chi connectivity index (χ3v) is 2.07. The van der Waals surface area contributed by atoms with Crippen molar-refractivity contribution in [1.29, 1.82) is 0 Å². The molecule has 0 aromatic carbocycles. The maximum Gasteiger partial charge on any atom is 0.237 e. The normalized spacial score (nSPS) is 14.9. The second kappa shape index (κ2) is 7.76. The molecule has 0 radical (unpaired) electrons. The molecule has 1 amide bonds. The van der Waals surface area contributed by atoms with Gasteiger partial charge in [-0.3, -0.25) is 4.79 Å². The van der Waals surface area contributed by atoms with Crippen molar-refractivity contribution in [3.63, 3.8) is 0 Å². The van der Waals surface area contributed by atoms with E-state index in [2.05, 4.69) is 5.32 Å². The van der Waals surface area contributed by atoms with Crippen LogP contribution in [0.2, 0.25) is 0 Å². The second-order valence-electron chi connectivity index (χ2n) is 3.58. The zero-order valence-corrected chi connectivity index (χ0v) is 9.12. The Labute approximate surface area is 85.9 Å². The Bertz CT molecular complexity index is 162. The summed E-state index contributed by atoms with van der Waals surface area (Å²) in [5.74, 6) is -0.165. The van der Waals surface area contributed by atoms with E-state index in [9.17, 15) is 9.90 Å². The van der Waals surface area contributed by atoms with Crippen LogP contribution in [0.1, 0.15) is 39.5 Å². The van der Waals surface area contributed by atoms with E-state index in [4.69, 9.17) is 5.73 Å². The van der Waals surface area contributed by atoms with Gasteiger partial charge in [0, 0.05) is 6.54 Å². The molecule has 84 valence electrons. The molecule has 0 rings (SSSR count). The minimum atomic E-state index is -0.447. The van der Waals surface area contributed by atoms with E-state index < -0.39 is 12.1 Å². The SMILES string of the molecule is CCCC(O)CNC(=O)[C@@H](N)CCC. The number of rotatable bonds is 7. The fourth-order valence-electron chi connectivity index (χ4n) is 1.23. The quantitative estimate of drug-likeness (QED) is 0.559. The highest BCUT2D eigenvalue weighted by Crippen LogP contribution is 1.96. The average Bonchev–Trinajstić information content (AvgIpc) is 2.15. The molecule has 0 aliphatic rings. The van der Waals surface area contributed by atoms with Gasteiger partial charge in [0.05, 0.1) is 12.1 Å². The van der Waals surface area contributed by atoms with Gasteiger partial charge in [-0.1, -0.05) is 26.7 Å². The predicted octanol–water partition coefficient (Wildman–Crippen LogP) is 0.391. The fraction of sp³-hybridized carbons (Fsp3) is 0.900. The molecule has 0 aliphatic heterocycles. The van der Waals surface area contributed by atoms with Crippen molar-refractivity contribution in [3.8, 4) is 0 Å². The summed E-state index contributed by atoms with van der Waals surface area (Å²) >= 11 is 0. The monoisotopic (exact) mass is 202 g/mol. The van der Waals surface area contributed by atoms with Crippen LogP contribution in [0.4, 0.5) is 0 Å². The topological polar surface area (TPSA) is 75.3 Å². The molecule has 4 heteroatoms. The zero-order valence-electron chi connectivity index (χ0n) is 9.12. The van der Waals surface area contributed by atoms with Gasteiger partial charge < -0.3 is 16.2 Å². The van der Waals surface area contributed by atoms with Crippen LogP contribution in [-0.2, 0) is 4.79 Å². The summed E-state index contributed by atoms with van der Waals surface area (Å²) in [4.78, 5) is 11.3. The maximum absolute atomic E-state index is 11.3. The van der Waals surface area contributed by atoms with Crippen LogP contribution in [0, 0.1) is 0 Å². The molecule has 0 saturated carbocycles. The van der Waals surface area contributed by atoms with Gasteiger partial charge in [-0.25, -0.2) is 0 Å². The van der Waals surface area contributed by atoms with Gasteiger partial charge in [0.2, 0.25) is 5.91 Å². The van der Waals surface area contributed by atoms with Crippen LogP contribution >= 0.6 is 0 Å². The number of carbonyl (C=O) groups is 1. The summed E-state index contributed by atoms with van der Waals surface area (Å²) in [7, 11) is 0. The van der Waals surface area contributed by atoms with Crippen molar-refractivity contribution < 1.29 is 9.90 Å². The first-order chi connectivity index (χ1) is 6.61. The van der Waals surface area contributed by atoms with Crippen molar-refractivity contribution in [3.05, 3.63) is 0 Å². The first-order valence-electron chi connectivity index (χ1n) is 5.33. The molecule has 14 heavy (non-hydrogen) atoms. The molecule has 0 aliphatic carbocycles. The number of aliphatic hydroxyl groups is 1. The van der Waals surface area contributed by atoms with E-state index in [1.165, 1.54) is 0 Å². The molecule has 0 bridgehead atoms. The molecule has 0 spiro atoms. The van der Waals surface area contributed by atoms with Crippen molar-refractivity contribution in [2.45, 2.75) is 51.7 Å². The van der Waals surface area contributed by atoms with Crippen molar-refractivity contribution >= 4 is 5.91 Å². The third kappa shape index (κ3) is 5.94. The second-order valence-corrected chi connectivity index (χ2v) is 3.58. The predicted molar refractivity (Wildman–Crippen MR) is 56.8 cm³/mol. The standard InChI is InChI=1S/C10H22N2O2/c1-3-5-8(13)7-12-10(14)9(11)6-4-2/h8-9,13H,3-7,11H2,1-2H3,(H,12,14)/t8?,9-/m0/s1. The molecule has 2 atom stereocenters. The Morgan fingerprint density at radius 1 is 1.36 bits per heavy atom. The van der Waals surface area contributed by atoms with Crippen molar-refractivity contribution in [2.75, 3.05) is 6.54 Å². The smallest absolute Gasteiger partial charge is 0.237 e. The zero-order chi connectivity index (χ0) is 11.0. The van der Waals surface area contributed by atoms with Crippen LogP contribution in [-0.4, -0.2) is 29.7 Å². The Morgan fingerprint density at radius 3 is 2.43 bits per heavy atom. The Morgan fingerprint density at radius 2 is 1.93 bits per heavy atom. The highest BCUT2D eigenvalue weighted by Gasteiger charge is 2.12. The minimum Gasteiger partial charge on any atom is -0.391 e. The first-order valence-corrected chi connectivity index (χ1v) is 5.33. The molecule has 0 fully saturated rings. The summed E-state index contributed by atoms with van der Waals surface area (Å²) in [6.45, 7) is 4.29. The first kappa shape index (κ1) is 13.4. The lowest BCUT2D eigenvalue weighted by molar-refractivity contribution is -0.123. The molecule has 0 aromatic rings. The lowest BCUT2D eigenvalue weighted by Gasteiger charge is -2.14. The number of amides is 1. The van der Waals surface area contributed by atoms with E-state index in [1.807, 2.05) is 13.8 Å². The maximum atomic E-state index is 11.3. The summed E-state index contributed by atoms with van der Waals surface area (Å²) < 4.78 is 0. The van der Waals surface area contributed by atoms with Gasteiger partial charge in [-0.2, -0.15) is 0 Å². The molecule has 0 saturated heterocycles. The van der Waals surface area contributed by atoms with Gasteiger partial charge >= 0.3 is 0 Å². The minimum absolute atomic E-state index is 0.165. The summed E-state index contributed by atoms with van der Waals surface area (Å²) in [5, 5.41) is 12.0. The number of nitrogens with two attached hydrogens (primary N) is 1. The summed E-state index contributed by atoms with van der Waals surface area (Å²) in [6.07, 6.45) is 2.76. The summed E-state index contributed by atoms with van der Waals surface area (Å²) in [5.41, 5.74) is 5.59. The fourth-order valence-corrected chi connectivity index (χ4v) is 1.23. The van der Waals surface area contributed by atoms with Crippen LogP contribution in [0.3, 0.4) is 0 Å². The Hall–Kier alpha value is -0.610. The van der Waals surface area contributed by atoms with E-state index in [0.29, 0.717) is 19.4 Å². The van der Waals surface area contributed by atoms with E-state index in [0.717, 1.165) is 12.8 Å². The highest BCUT2D eigenvalue weighted by molar-refractivity contribution is 5.81. The molecule has 4 N–H and O–H groups in total. The van der Waals surface area contributed by atoms with Crippen molar-refractivity contribution in [1.82, 2.24) is 5.32 Å². The molecular formula is C10H22N2O2. The number of hydrogen-bond acceptors (Lipinski definition) is 3. The number of nitrogens with one attached hydrogen (secondary N) is 1. The molecule has 0 heterocycles. The van der Waals surface area contributed by atoms with E-state index in [1.54, 1.807) is 0 Å². The molecule has 0 aromatic heterocycles. The molecule has 1 unspecified atom stereocenters. The largest absolute Gasteiger partial charge is 0.391 e. The Balaban J connectivity index is 3.61. The van der Waals surface area contributed by atoms with Crippen LogP contribution in [0.25, 0.3) is 0 Å². The van der Waals surface area contributed by atoms with Gasteiger partial charge in [0.25, 0.3) is 0 Å². The van der Waals surface area contributed by atoms with Crippen LogP contribution in [0.5, 0.6) is 0 Å². The summed E-state index contributed by atoms with van der Waals surface area (Å²) in [6, 6.07) is -0.436. The van der Waals surface area contributed by atoms with Gasteiger partial charge in [0.15, 0.2) is 0 Å². The number of hydrogen-bond donors (Lipinski definition) is 3. The van der Waals surface area contributed by atoms with E-state index in [-0.39, 0.29) is 5.91 Å². The third-order valence-electron chi connectivity index (χ3n) is 2.07. The van der Waals surface area contributed by atoms with Crippen LogP contribution < -0.4 is 11.1 Å². The Kier molecular flexibility index (Phi) is 7.42. The lowest BCUT2D eigenvalue weighted by atomic mass is 10.1. The average molecular weight is 202 g/mol. The number of aliphatic hydroxyl groups excluding tert-OH is 1. The van der Waals surface area contributed by atoms with Crippen molar-refractivity contribution in [2.24, 2.45) is 5.73 Å². The van der Waals surface area contributed by atoms with Gasteiger partial charge in [0.1, 0.15) is 0 Å². The highest BCUT2D eigenvalue weighted by atomic mass is 16.3.